The molecular formula is C14H25NOS. The summed E-state index contributed by atoms with van der Waals surface area (Å²) < 4.78 is 0. The maximum absolute atomic E-state index is 10.7. The fourth-order valence-corrected chi connectivity index (χ4v) is 3.53. The Balaban J connectivity index is 3.05. The highest BCUT2D eigenvalue weighted by Gasteiger charge is 2.39. The summed E-state index contributed by atoms with van der Waals surface area (Å²) in [4.78, 5) is 2.40. The number of hydrogen-bond acceptors (Lipinski definition) is 3. The molecule has 0 saturated carbocycles. The zero-order chi connectivity index (χ0) is 12.9. The number of rotatable bonds is 7. The van der Waals surface area contributed by atoms with Gasteiger partial charge in [0.25, 0.3) is 0 Å². The molecule has 0 aliphatic heterocycles. The standard InChI is InChI=1S/C14H25NOS/c1-5-14(6-2,15(7-3)8-4)13(16)12-9-10-17-11-12/h9-11,13,16H,5-8H2,1-4H3. The Morgan fingerprint density at radius 2 is 1.82 bits per heavy atom. The van der Waals surface area contributed by atoms with Crippen molar-refractivity contribution in [1.82, 2.24) is 4.90 Å². The second kappa shape index (κ2) is 6.53. The molecule has 0 aliphatic rings. The van der Waals surface area contributed by atoms with Gasteiger partial charge >= 0.3 is 0 Å². The summed E-state index contributed by atoms with van der Waals surface area (Å²) in [6.07, 6.45) is 1.56. The maximum Gasteiger partial charge on any atom is 0.0981 e. The first-order valence-electron chi connectivity index (χ1n) is 6.61. The summed E-state index contributed by atoms with van der Waals surface area (Å²) in [6.45, 7) is 10.7. The molecule has 0 fully saturated rings. The fourth-order valence-electron chi connectivity index (χ4n) is 2.85. The predicted octanol–water partition coefficient (Wildman–Crippen LogP) is 3.68. The van der Waals surface area contributed by atoms with Crippen molar-refractivity contribution >= 4 is 11.3 Å². The van der Waals surface area contributed by atoms with Gasteiger partial charge in [-0.1, -0.05) is 27.7 Å². The molecule has 1 unspecified atom stereocenters. The summed E-state index contributed by atoms with van der Waals surface area (Å²) in [5, 5.41) is 14.8. The molecule has 0 radical (unpaired) electrons. The van der Waals surface area contributed by atoms with E-state index in [4.69, 9.17) is 0 Å². The summed E-state index contributed by atoms with van der Waals surface area (Å²) in [5.74, 6) is 0. The van der Waals surface area contributed by atoms with Gasteiger partial charge in [-0.3, -0.25) is 4.90 Å². The molecule has 3 heteroatoms. The van der Waals surface area contributed by atoms with Crippen molar-refractivity contribution in [2.75, 3.05) is 13.1 Å². The van der Waals surface area contributed by atoms with Gasteiger partial charge < -0.3 is 5.11 Å². The fraction of sp³-hybridized carbons (Fsp3) is 0.714. The van der Waals surface area contributed by atoms with E-state index in [1.54, 1.807) is 11.3 Å². The third-order valence-corrected chi connectivity index (χ3v) is 4.69. The van der Waals surface area contributed by atoms with Crippen molar-refractivity contribution < 1.29 is 5.11 Å². The largest absolute Gasteiger partial charge is 0.386 e. The lowest BCUT2D eigenvalue weighted by atomic mass is 9.81. The Morgan fingerprint density at radius 1 is 1.24 bits per heavy atom. The second-order valence-electron chi connectivity index (χ2n) is 4.44. The maximum atomic E-state index is 10.7. The van der Waals surface area contributed by atoms with Crippen molar-refractivity contribution in [3.05, 3.63) is 22.4 Å². The van der Waals surface area contributed by atoms with E-state index in [0.29, 0.717) is 0 Å². The minimum atomic E-state index is -0.386. The minimum Gasteiger partial charge on any atom is -0.386 e. The number of aliphatic hydroxyl groups excluding tert-OH is 1. The molecule has 98 valence electrons. The van der Waals surface area contributed by atoms with Crippen LogP contribution >= 0.6 is 11.3 Å². The van der Waals surface area contributed by atoms with E-state index >= 15 is 0 Å². The molecule has 1 atom stereocenters. The highest BCUT2D eigenvalue weighted by molar-refractivity contribution is 7.07. The highest BCUT2D eigenvalue weighted by atomic mass is 32.1. The summed E-state index contributed by atoms with van der Waals surface area (Å²) in [5.41, 5.74) is 0.940. The van der Waals surface area contributed by atoms with Crippen molar-refractivity contribution in [3.63, 3.8) is 0 Å². The molecule has 1 N–H and O–H groups in total. The quantitative estimate of drug-likeness (QED) is 0.803. The van der Waals surface area contributed by atoms with Gasteiger partial charge in [0, 0.05) is 0 Å². The van der Waals surface area contributed by atoms with Crippen molar-refractivity contribution in [2.24, 2.45) is 0 Å². The van der Waals surface area contributed by atoms with Crippen LogP contribution in [-0.2, 0) is 0 Å². The average molecular weight is 255 g/mol. The number of thiophene rings is 1. The molecule has 0 aromatic carbocycles. The van der Waals surface area contributed by atoms with Crippen LogP contribution in [0.15, 0.2) is 16.8 Å². The molecule has 1 heterocycles. The van der Waals surface area contributed by atoms with Gasteiger partial charge in [0.1, 0.15) is 0 Å². The van der Waals surface area contributed by atoms with E-state index in [-0.39, 0.29) is 11.6 Å². The number of aliphatic hydroxyl groups is 1. The Bertz CT molecular complexity index is 302. The van der Waals surface area contributed by atoms with Crippen LogP contribution in [0.1, 0.15) is 52.2 Å². The number of likely N-dealkylation sites (N-methyl/N-ethyl adjacent to an activating group) is 1. The molecule has 1 aromatic heterocycles. The van der Waals surface area contributed by atoms with E-state index in [0.717, 1.165) is 31.5 Å². The van der Waals surface area contributed by atoms with Gasteiger partial charge in [-0.05, 0) is 48.3 Å². The second-order valence-corrected chi connectivity index (χ2v) is 5.22. The van der Waals surface area contributed by atoms with Crippen LogP contribution in [0, 0.1) is 0 Å². The highest BCUT2D eigenvalue weighted by Crippen LogP contribution is 2.37. The first-order valence-corrected chi connectivity index (χ1v) is 7.55. The first kappa shape index (κ1) is 14.7. The van der Waals surface area contributed by atoms with Crippen molar-refractivity contribution in [3.8, 4) is 0 Å². The van der Waals surface area contributed by atoms with Gasteiger partial charge in [-0.25, -0.2) is 0 Å². The normalized spacial score (nSPS) is 14.2. The Kier molecular flexibility index (Phi) is 5.63. The molecule has 0 aliphatic carbocycles. The van der Waals surface area contributed by atoms with Gasteiger partial charge in [-0.15, -0.1) is 0 Å². The van der Waals surface area contributed by atoms with E-state index < -0.39 is 0 Å². The summed E-state index contributed by atoms with van der Waals surface area (Å²) in [6, 6.07) is 2.04. The number of hydrogen-bond donors (Lipinski definition) is 1. The van der Waals surface area contributed by atoms with Crippen LogP contribution in [0.4, 0.5) is 0 Å². The van der Waals surface area contributed by atoms with Crippen molar-refractivity contribution in [2.45, 2.75) is 52.2 Å². The van der Waals surface area contributed by atoms with Crippen LogP contribution < -0.4 is 0 Å². The van der Waals surface area contributed by atoms with Crippen LogP contribution in [0.25, 0.3) is 0 Å². The Morgan fingerprint density at radius 3 is 2.18 bits per heavy atom. The zero-order valence-electron chi connectivity index (χ0n) is 11.4. The van der Waals surface area contributed by atoms with Crippen LogP contribution in [-0.4, -0.2) is 28.6 Å². The zero-order valence-corrected chi connectivity index (χ0v) is 12.3. The van der Waals surface area contributed by atoms with Crippen molar-refractivity contribution in [1.29, 1.82) is 0 Å². The smallest absolute Gasteiger partial charge is 0.0981 e. The van der Waals surface area contributed by atoms with Gasteiger partial charge in [0.05, 0.1) is 11.6 Å². The molecule has 2 nitrogen and oxygen atoms in total. The van der Waals surface area contributed by atoms with Gasteiger partial charge in [-0.2, -0.15) is 11.3 Å². The molecule has 0 spiro atoms. The molecule has 0 amide bonds. The third-order valence-electron chi connectivity index (χ3n) is 3.99. The first-order chi connectivity index (χ1) is 8.16. The average Bonchev–Trinajstić information content (AvgIpc) is 2.89. The SMILES string of the molecule is CCN(CC)C(CC)(CC)C(O)c1ccsc1. The van der Waals surface area contributed by atoms with E-state index in [2.05, 4.69) is 38.0 Å². The Hall–Kier alpha value is -0.380. The van der Waals surface area contributed by atoms with Crippen LogP contribution in [0.3, 0.4) is 0 Å². The van der Waals surface area contributed by atoms with E-state index in [9.17, 15) is 5.11 Å². The predicted molar refractivity (Wildman–Crippen MR) is 75.5 cm³/mol. The lowest BCUT2D eigenvalue weighted by Crippen LogP contribution is -2.52. The third kappa shape index (κ3) is 2.72. The molecule has 1 rings (SSSR count). The summed E-state index contributed by atoms with van der Waals surface area (Å²) in [7, 11) is 0. The molecule has 0 bridgehead atoms. The van der Waals surface area contributed by atoms with E-state index in [1.807, 2.05) is 11.4 Å². The molecular weight excluding hydrogens is 230 g/mol. The lowest BCUT2D eigenvalue weighted by molar-refractivity contribution is -0.0364. The topological polar surface area (TPSA) is 23.5 Å². The number of nitrogens with zero attached hydrogens (tertiary/aromatic N) is 1. The van der Waals surface area contributed by atoms with Crippen LogP contribution in [0.2, 0.25) is 0 Å². The molecule has 17 heavy (non-hydrogen) atoms. The molecule has 1 aromatic rings. The monoisotopic (exact) mass is 255 g/mol. The molecule has 0 saturated heterocycles. The van der Waals surface area contributed by atoms with Crippen LogP contribution in [0.5, 0.6) is 0 Å². The lowest BCUT2D eigenvalue weighted by Gasteiger charge is -2.45. The minimum absolute atomic E-state index is 0.120. The van der Waals surface area contributed by atoms with Gasteiger partial charge in [0.15, 0.2) is 0 Å². The summed E-state index contributed by atoms with van der Waals surface area (Å²) >= 11 is 1.65. The Labute approximate surface area is 109 Å². The van der Waals surface area contributed by atoms with E-state index in [1.165, 1.54) is 0 Å². The van der Waals surface area contributed by atoms with Gasteiger partial charge in [0.2, 0.25) is 0 Å².